The lowest BCUT2D eigenvalue weighted by molar-refractivity contribution is -0.143. The van der Waals surface area contributed by atoms with Crippen molar-refractivity contribution in [2.45, 2.75) is 39.2 Å². The molecule has 0 N–H and O–H groups in total. The zero-order chi connectivity index (χ0) is 15.0. The summed E-state index contributed by atoms with van der Waals surface area (Å²) in [6.45, 7) is 4.37. The van der Waals surface area contributed by atoms with E-state index in [0.717, 1.165) is 24.2 Å². The second-order valence-corrected chi connectivity index (χ2v) is 5.54. The highest BCUT2D eigenvalue weighted by Gasteiger charge is 2.28. The van der Waals surface area contributed by atoms with Crippen LogP contribution in [0.15, 0.2) is 18.2 Å². The summed E-state index contributed by atoms with van der Waals surface area (Å²) >= 11 is 0. The highest BCUT2D eigenvalue weighted by atomic mass is 16.5. The maximum absolute atomic E-state index is 11.8. The number of rotatable bonds is 4. The van der Waals surface area contributed by atoms with Gasteiger partial charge in [0.05, 0.1) is 25.7 Å². The minimum absolute atomic E-state index is 0.113. The number of benzene rings is 1. The monoisotopic (exact) mass is 287 g/mol. The number of hydrogen-bond acceptors (Lipinski definition) is 3. The predicted molar refractivity (Wildman–Crippen MR) is 81.8 cm³/mol. The Labute approximate surface area is 124 Å². The number of aromatic nitrogens is 1. The van der Waals surface area contributed by atoms with Crippen molar-refractivity contribution in [2.75, 3.05) is 13.7 Å². The number of nitrogens with zero attached hydrogens (tertiary/aromatic N) is 1. The molecular weight excluding hydrogens is 266 g/mol. The summed E-state index contributed by atoms with van der Waals surface area (Å²) in [6.07, 6.45) is 2.46. The van der Waals surface area contributed by atoms with Crippen molar-refractivity contribution >= 4 is 16.9 Å². The molecule has 0 fully saturated rings. The molecule has 21 heavy (non-hydrogen) atoms. The lowest BCUT2D eigenvalue weighted by atomic mass is 10.1. The van der Waals surface area contributed by atoms with Gasteiger partial charge in [-0.05, 0) is 44.9 Å². The van der Waals surface area contributed by atoms with E-state index < -0.39 is 0 Å². The highest BCUT2D eigenvalue weighted by molar-refractivity contribution is 5.87. The van der Waals surface area contributed by atoms with Crippen LogP contribution in [0, 0.1) is 6.92 Å². The number of hydrogen-bond donors (Lipinski definition) is 0. The Kier molecular flexibility index (Phi) is 3.62. The number of aryl methyl sites for hydroxylation is 2. The largest absolute Gasteiger partial charge is 0.496 e. The third kappa shape index (κ3) is 2.28. The predicted octanol–water partition coefficient (Wildman–Crippen LogP) is 3.40. The maximum Gasteiger partial charge on any atom is 0.307 e. The molecular formula is C17H21NO3. The summed E-state index contributed by atoms with van der Waals surface area (Å²) in [5, 5.41) is 1.22. The van der Waals surface area contributed by atoms with Gasteiger partial charge in [0.15, 0.2) is 0 Å². The smallest absolute Gasteiger partial charge is 0.307 e. The Bertz CT molecular complexity index is 687. The van der Waals surface area contributed by atoms with Crippen LogP contribution < -0.4 is 4.74 Å². The molecule has 1 aromatic carbocycles. The first-order valence-electron chi connectivity index (χ1n) is 7.48. The Hall–Kier alpha value is -1.97. The van der Waals surface area contributed by atoms with Crippen LogP contribution in [0.3, 0.4) is 0 Å². The molecule has 4 heteroatoms. The average Bonchev–Trinajstić information content (AvgIpc) is 3.00. The van der Waals surface area contributed by atoms with E-state index in [2.05, 4.69) is 23.6 Å². The van der Waals surface area contributed by atoms with Crippen LogP contribution >= 0.6 is 0 Å². The first-order chi connectivity index (χ1) is 10.2. The van der Waals surface area contributed by atoms with Crippen LogP contribution in [0.2, 0.25) is 0 Å². The van der Waals surface area contributed by atoms with Gasteiger partial charge in [-0.15, -0.1) is 0 Å². The van der Waals surface area contributed by atoms with Crippen molar-refractivity contribution in [2.24, 2.45) is 0 Å². The van der Waals surface area contributed by atoms with Crippen LogP contribution in [0.4, 0.5) is 0 Å². The molecule has 0 bridgehead atoms. The summed E-state index contributed by atoms with van der Waals surface area (Å²) < 4.78 is 12.8. The van der Waals surface area contributed by atoms with Gasteiger partial charge in [0.1, 0.15) is 5.75 Å². The molecule has 0 spiro atoms. The molecule has 112 valence electrons. The molecule has 0 amide bonds. The van der Waals surface area contributed by atoms with Crippen molar-refractivity contribution in [1.82, 2.24) is 4.57 Å². The van der Waals surface area contributed by atoms with Crippen LogP contribution in [0.1, 0.15) is 37.1 Å². The van der Waals surface area contributed by atoms with Crippen LogP contribution in [-0.4, -0.2) is 24.3 Å². The van der Waals surface area contributed by atoms with Gasteiger partial charge in [-0.1, -0.05) is 0 Å². The van der Waals surface area contributed by atoms with E-state index in [1.807, 2.05) is 13.0 Å². The van der Waals surface area contributed by atoms with E-state index in [-0.39, 0.29) is 12.0 Å². The maximum atomic E-state index is 11.8. The first-order valence-corrected chi connectivity index (χ1v) is 7.48. The summed E-state index contributed by atoms with van der Waals surface area (Å²) in [5.74, 6) is 0.780. The van der Waals surface area contributed by atoms with E-state index in [1.54, 1.807) is 7.11 Å². The number of fused-ring (bicyclic) bond motifs is 3. The van der Waals surface area contributed by atoms with Crippen molar-refractivity contribution < 1.29 is 14.3 Å². The molecule has 1 aliphatic heterocycles. The number of esters is 1. The van der Waals surface area contributed by atoms with E-state index in [0.29, 0.717) is 13.0 Å². The Morgan fingerprint density at radius 2 is 2.24 bits per heavy atom. The zero-order valence-corrected chi connectivity index (χ0v) is 12.8. The van der Waals surface area contributed by atoms with E-state index in [1.165, 1.54) is 16.6 Å². The molecule has 1 unspecified atom stereocenters. The van der Waals surface area contributed by atoms with Gasteiger partial charge in [-0.3, -0.25) is 4.79 Å². The number of carbonyl (C=O) groups excluding carboxylic acids is 1. The molecule has 1 atom stereocenters. The first kappa shape index (κ1) is 14.0. The van der Waals surface area contributed by atoms with Gasteiger partial charge in [0.2, 0.25) is 0 Å². The third-order valence-electron chi connectivity index (χ3n) is 4.31. The SMILES string of the molecule is CCOC(=O)CC1CCc2cc3ccc(OC)c(C)c3n21. The van der Waals surface area contributed by atoms with Gasteiger partial charge >= 0.3 is 5.97 Å². The summed E-state index contributed by atoms with van der Waals surface area (Å²) in [6, 6.07) is 6.52. The fraction of sp³-hybridized carbons (Fsp3) is 0.471. The Morgan fingerprint density at radius 1 is 1.43 bits per heavy atom. The third-order valence-corrected chi connectivity index (χ3v) is 4.31. The Balaban J connectivity index is 2.03. The molecule has 4 nitrogen and oxygen atoms in total. The van der Waals surface area contributed by atoms with Gasteiger partial charge in [0.25, 0.3) is 0 Å². The molecule has 0 saturated carbocycles. The van der Waals surface area contributed by atoms with Crippen LogP contribution in [-0.2, 0) is 16.0 Å². The topological polar surface area (TPSA) is 40.5 Å². The highest BCUT2D eigenvalue weighted by Crippen LogP contribution is 2.38. The number of carbonyl (C=O) groups is 1. The van der Waals surface area contributed by atoms with Crippen molar-refractivity contribution in [3.8, 4) is 5.75 Å². The second-order valence-electron chi connectivity index (χ2n) is 5.54. The fourth-order valence-electron chi connectivity index (χ4n) is 3.41. The molecule has 0 radical (unpaired) electrons. The molecule has 0 aliphatic carbocycles. The van der Waals surface area contributed by atoms with E-state index in [4.69, 9.17) is 9.47 Å². The van der Waals surface area contributed by atoms with Gasteiger partial charge in [-0.2, -0.15) is 0 Å². The molecule has 2 aromatic rings. The van der Waals surface area contributed by atoms with Gasteiger partial charge < -0.3 is 14.0 Å². The fourth-order valence-corrected chi connectivity index (χ4v) is 3.41. The zero-order valence-electron chi connectivity index (χ0n) is 12.8. The van der Waals surface area contributed by atoms with Crippen molar-refractivity contribution in [3.63, 3.8) is 0 Å². The number of ether oxygens (including phenoxy) is 2. The number of methoxy groups -OCH3 is 1. The van der Waals surface area contributed by atoms with E-state index >= 15 is 0 Å². The van der Waals surface area contributed by atoms with Crippen molar-refractivity contribution in [3.05, 3.63) is 29.5 Å². The minimum Gasteiger partial charge on any atom is -0.496 e. The molecule has 1 aliphatic rings. The Morgan fingerprint density at radius 3 is 2.95 bits per heavy atom. The van der Waals surface area contributed by atoms with Gasteiger partial charge in [0, 0.05) is 22.7 Å². The van der Waals surface area contributed by atoms with Crippen molar-refractivity contribution in [1.29, 1.82) is 0 Å². The minimum atomic E-state index is -0.113. The average molecular weight is 287 g/mol. The van der Waals surface area contributed by atoms with Crippen LogP contribution in [0.5, 0.6) is 5.75 Å². The quantitative estimate of drug-likeness (QED) is 0.809. The van der Waals surface area contributed by atoms with Crippen LogP contribution in [0.25, 0.3) is 10.9 Å². The van der Waals surface area contributed by atoms with Gasteiger partial charge in [-0.25, -0.2) is 0 Å². The molecule has 3 rings (SSSR count). The second kappa shape index (κ2) is 5.43. The lowest BCUT2D eigenvalue weighted by Crippen LogP contribution is -2.13. The summed E-state index contributed by atoms with van der Waals surface area (Å²) in [4.78, 5) is 11.8. The molecule has 1 aromatic heterocycles. The standard InChI is InChI=1S/C17H21NO3/c1-4-21-16(19)10-14-7-6-13-9-12-5-8-15(20-3)11(2)17(12)18(13)14/h5,8-9,14H,4,6-7,10H2,1-3H3. The van der Waals surface area contributed by atoms with E-state index in [9.17, 15) is 4.79 Å². The lowest BCUT2D eigenvalue weighted by Gasteiger charge is -2.16. The summed E-state index contributed by atoms with van der Waals surface area (Å²) in [5.41, 5.74) is 3.63. The molecule has 2 heterocycles. The summed E-state index contributed by atoms with van der Waals surface area (Å²) in [7, 11) is 1.69. The molecule has 0 saturated heterocycles. The normalized spacial score (nSPS) is 17.0.